The molecule has 102 valence electrons. The van der Waals surface area contributed by atoms with Gasteiger partial charge in [0.05, 0.1) is 5.56 Å². The lowest BCUT2D eigenvalue weighted by Crippen LogP contribution is -2.31. The number of nitrogens with zero attached hydrogens (tertiary/aromatic N) is 2. The third-order valence-corrected chi connectivity index (χ3v) is 3.70. The van der Waals surface area contributed by atoms with Crippen LogP contribution in [0.25, 0.3) is 0 Å². The number of benzene rings is 1. The number of carboxylic acids is 1. The molecule has 1 aliphatic rings. The van der Waals surface area contributed by atoms with Gasteiger partial charge in [-0.3, -0.25) is 9.88 Å². The number of rotatable bonds is 3. The van der Waals surface area contributed by atoms with E-state index in [0.717, 1.165) is 37.2 Å². The molecule has 0 radical (unpaired) electrons. The van der Waals surface area contributed by atoms with E-state index in [0.29, 0.717) is 5.56 Å². The maximum Gasteiger partial charge on any atom is 0.337 e. The minimum atomic E-state index is -0.883. The second-order valence-corrected chi connectivity index (χ2v) is 5.08. The van der Waals surface area contributed by atoms with E-state index >= 15 is 0 Å². The largest absolute Gasteiger partial charge is 0.478 e. The minimum Gasteiger partial charge on any atom is -0.478 e. The molecule has 20 heavy (non-hydrogen) atoms. The van der Waals surface area contributed by atoms with Crippen LogP contribution in [0.3, 0.4) is 0 Å². The summed E-state index contributed by atoms with van der Waals surface area (Å²) in [5.41, 5.74) is 3.60. The quantitative estimate of drug-likeness (QED) is 0.928. The van der Waals surface area contributed by atoms with Gasteiger partial charge in [0.2, 0.25) is 0 Å². The molecule has 1 aliphatic heterocycles. The molecule has 0 bridgehead atoms. The van der Waals surface area contributed by atoms with Crippen molar-refractivity contribution in [3.63, 3.8) is 0 Å². The van der Waals surface area contributed by atoms with E-state index in [1.807, 2.05) is 18.2 Å². The van der Waals surface area contributed by atoms with Crippen LogP contribution < -0.4 is 0 Å². The van der Waals surface area contributed by atoms with Gasteiger partial charge in [-0.05, 0) is 23.1 Å². The van der Waals surface area contributed by atoms with Gasteiger partial charge in [0, 0.05) is 32.0 Å². The summed E-state index contributed by atoms with van der Waals surface area (Å²) < 4.78 is 0. The second-order valence-electron chi connectivity index (χ2n) is 5.08. The molecule has 4 heteroatoms. The Balaban J connectivity index is 1.79. The number of aromatic carboxylic acids is 1. The lowest BCUT2D eigenvalue weighted by molar-refractivity contribution is 0.0694. The summed E-state index contributed by atoms with van der Waals surface area (Å²) in [5.74, 6) is -0.883. The molecule has 2 heterocycles. The van der Waals surface area contributed by atoms with E-state index in [9.17, 15) is 9.90 Å². The zero-order valence-corrected chi connectivity index (χ0v) is 11.1. The Morgan fingerprint density at radius 2 is 2.05 bits per heavy atom. The summed E-state index contributed by atoms with van der Waals surface area (Å²) in [6.07, 6.45) is 4.01. The molecular formula is C16H16N2O2. The molecule has 0 unspecified atom stereocenters. The molecule has 1 N–H and O–H groups in total. The van der Waals surface area contributed by atoms with Crippen LogP contribution in [0, 0.1) is 0 Å². The summed E-state index contributed by atoms with van der Waals surface area (Å²) >= 11 is 0. The van der Waals surface area contributed by atoms with Crippen LogP contribution in [0.4, 0.5) is 0 Å². The first-order chi connectivity index (χ1) is 9.74. The van der Waals surface area contributed by atoms with E-state index < -0.39 is 5.97 Å². The Morgan fingerprint density at radius 3 is 2.80 bits per heavy atom. The molecular weight excluding hydrogens is 252 g/mol. The number of hydrogen-bond donors (Lipinski definition) is 1. The molecule has 0 spiro atoms. The van der Waals surface area contributed by atoms with Crippen molar-refractivity contribution in [1.29, 1.82) is 0 Å². The molecule has 0 amide bonds. The molecule has 2 aromatic rings. The van der Waals surface area contributed by atoms with Crippen molar-refractivity contribution >= 4 is 5.97 Å². The fraction of sp³-hybridized carbons (Fsp3) is 0.250. The van der Waals surface area contributed by atoms with Crippen molar-refractivity contribution in [3.8, 4) is 0 Å². The van der Waals surface area contributed by atoms with Gasteiger partial charge >= 0.3 is 5.97 Å². The first-order valence-electron chi connectivity index (χ1n) is 6.69. The van der Waals surface area contributed by atoms with Gasteiger partial charge in [0.1, 0.15) is 0 Å². The number of fused-ring (bicyclic) bond motifs is 1. The monoisotopic (exact) mass is 268 g/mol. The predicted octanol–water partition coefficient (Wildman–Crippen LogP) is 2.34. The van der Waals surface area contributed by atoms with Gasteiger partial charge in [-0.2, -0.15) is 0 Å². The first kappa shape index (κ1) is 12.8. The smallest absolute Gasteiger partial charge is 0.337 e. The number of pyridine rings is 1. The SMILES string of the molecule is O=C(O)c1cncc2c1CCN(Cc1ccccc1)C2. The maximum atomic E-state index is 11.2. The van der Waals surface area contributed by atoms with Crippen molar-refractivity contribution in [3.05, 3.63) is 65.0 Å². The normalized spacial score (nSPS) is 14.8. The van der Waals surface area contributed by atoms with E-state index in [1.165, 1.54) is 11.8 Å². The maximum absolute atomic E-state index is 11.2. The highest BCUT2D eigenvalue weighted by atomic mass is 16.4. The third kappa shape index (κ3) is 2.56. The highest BCUT2D eigenvalue weighted by Crippen LogP contribution is 2.22. The number of carboxylic acid groups (broad SMARTS) is 1. The van der Waals surface area contributed by atoms with Crippen molar-refractivity contribution in [2.24, 2.45) is 0 Å². The molecule has 0 saturated heterocycles. The topological polar surface area (TPSA) is 53.4 Å². The van der Waals surface area contributed by atoms with Crippen LogP contribution in [0.2, 0.25) is 0 Å². The van der Waals surface area contributed by atoms with Gasteiger partial charge < -0.3 is 5.11 Å². The second kappa shape index (κ2) is 5.43. The van der Waals surface area contributed by atoms with Crippen LogP contribution in [-0.4, -0.2) is 27.5 Å². The predicted molar refractivity (Wildman–Crippen MR) is 75.5 cm³/mol. The molecule has 0 saturated carbocycles. The summed E-state index contributed by atoms with van der Waals surface area (Å²) in [4.78, 5) is 17.6. The zero-order valence-electron chi connectivity index (χ0n) is 11.1. The summed E-state index contributed by atoms with van der Waals surface area (Å²) in [5, 5.41) is 9.19. The third-order valence-electron chi connectivity index (χ3n) is 3.70. The molecule has 0 aliphatic carbocycles. The van der Waals surface area contributed by atoms with Gasteiger partial charge in [0.25, 0.3) is 0 Å². The van der Waals surface area contributed by atoms with E-state index in [4.69, 9.17) is 0 Å². The lowest BCUT2D eigenvalue weighted by Gasteiger charge is -2.29. The fourth-order valence-electron chi connectivity index (χ4n) is 2.71. The van der Waals surface area contributed by atoms with Gasteiger partial charge in [-0.1, -0.05) is 30.3 Å². The van der Waals surface area contributed by atoms with Crippen molar-refractivity contribution in [2.45, 2.75) is 19.5 Å². The van der Waals surface area contributed by atoms with Crippen LogP contribution in [0.15, 0.2) is 42.7 Å². The molecule has 3 rings (SSSR count). The molecule has 4 nitrogen and oxygen atoms in total. The summed E-state index contributed by atoms with van der Waals surface area (Å²) in [6.45, 7) is 2.53. The summed E-state index contributed by atoms with van der Waals surface area (Å²) in [6, 6.07) is 10.3. The van der Waals surface area contributed by atoms with Gasteiger partial charge in [0.15, 0.2) is 0 Å². The highest BCUT2D eigenvalue weighted by molar-refractivity contribution is 5.89. The van der Waals surface area contributed by atoms with Crippen LogP contribution in [0.1, 0.15) is 27.0 Å². The lowest BCUT2D eigenvalue weighted by atomic mass is 9.97. The van der Waals surface area contributed by atoms with Crippen LogP contribution in [-0.2, 0) is 19.5 Å². The van der Waals surface area contributed by atoms with Crippen molar-refractivity contribution in [2.75, 3.05) is 6.54 Å². The Kier molecular flexibility index (Phi) is 3.48. The molecule has 0 atom stereocenters. The Morgan fingerprint density at radius 1 is 1.25 bits per heavy atom. The number of hydrogen-bond acceptors (Lipinski definition) is 3. The standard InChI is InChI=1S/C16H16N2O2/c19-16(20)15-9-17-8-13-11-18(7-6-14(13)15)10-12-4-2-1-3-5-12/h1-5,8-9H,6-7,10-11H2,(H,19,20). The van der Waals surface area contributed by atoms with E-state index in [2.05, 4.69) is 22.0 Å². The zero-order chi connectivity index (χ0) is 13.9. The highest BCUT2D eigenvalue weighted by Gasteiger charge is 2.21. The number of aromatic nitrogens is 1. The fourth-order valence-corrected chi connectivity index (χ4v) is 2.71. The summed E-state index contributed by atoms with van der Waals surface area (Å²) in [7, 11) is 0. The van der Waals surface area contributed by atoms with Crippen LogP contribution >= 0.6 is 0 Å². The Labute approximate surface area is 117 Å². The Hall–Kier alpha value is -2.20. The van der Waals surface area contributed by atoms with Crippen molar-refractivity contribution < 1.29 is 9.90 Å². The minimum absolute atomic E-state index is 0.349. The molecule has 0 fully saturated rings. The average molecular weight is 268 g/mol. The molecule has 1 aromatic carbocycles. The molecule has 1 aromatic heterocycles. The van der Waals surface area contributed by atoms with Crippen molar-refractivity contribution in [1.82, 2.24) is 9.88 Å². The number of carbonyl (C=O) groups is 1. The van der Waals surface area contributed by atoms with E-state index in [1.54, 1.807) is 6.20 Å². The first-order valence-corrected chi connectivity index (χ1v) is 6.69. The van der Waals surface area contributed by atoms with Gasteiger partial charge in [-0.15, -0.1) is 0 Å². The average Bonchev–Trinajstić information content (AvgIpc) is 2.47. The van der Waals surface area contributed by atoms with Gasteiger partial charge in [-0.25, -0.2) is 4.79 Å². The Bertz CT molecular complexity index is 626. The van der Waals surface area contributed by atoms with E-state index in [-0.39, 0.29) is 0 Å². The van der Waals surface area contributed by atoms with Crippen LogP contribution in [0.5, 0.6) is 0 Å².